The number of nitrogens with one attached hydrogen (secondary N) is 2. The molecule has 2 aliphatic rings. The van der Waals surface area contributed by atoms with Gasteiger partial charge in [0.05, 0.1) is 11.9 Å². The van der Waals surface area contributed by atoms with Crippen molar-refractivity contribution >= 4 is 39.5 Å². The van der Waals surface area contributed by atoms with E-state index in [0.29, 0.717) is 12.0 Å². The van der Waals surface area contributed by atoms with E-state index in [0.717, 1.165) is 59.8 Å². The van der Waals surface area contributed by atoms with Crippen LogP contribution >= 0.6 is 0 Å². The van der Waals surface area contributed by atoms with Gasteiger partial charge in [-0.2, -0.15) is 4.98 Å². The molecule has 0 radical (unpaired) electrons. The molecule has 1 aliphatic carbocycles. The van der Waals surface area contributed by atoms with Gasteiger partial charge in [-0.15, -0.1) is 0 Å². The lowest BCUT2D eigenvalue weighted by Gasteiger charge is -2.29. The van der Waals surface area contributed by atoms with Crippen LogP contribution in [0.3, 0.4) is 0 Å². The molecule has 2 fully saturated rings. The molecule has 6 rings (SSSR count). The van der Waals surface area contributed by atoms with Crippen molar-refractivity contribution in [1.29, 1.82) is 0 Å². The molecule has 31 heavy (non-hydrogen) atoms. The zero-order chi connectivity index (χ0) is 20.6. The maximum absolute atomic E-state index is 4.91. The summed E-state index contributed by atoms with van der Waals surface area (Å²) in [5.41, 5.74) is 3.11. The summed E-state index contributed by atoms with van der Waals surface area (Å²) in [6.45, 7) is 4.04. The summed E-state index contributed by atoms with van der Waals surface area (Å²) in [6.07, 6.45) is 10.6. The minimum atomic E-state index is 0.453. The van der Waals surface area contributed by atoms with Crippen molar-refractivity contribution in [2.45, 2.75) is 31.7 Å². The van der Waals surface area contributed by atoms with E-state index in [4.69, 9.17) is 4.98 Å². The molecule has 1 saturated carbocycles. The summed E-state index contributed by atoms with van der Waals surface area (Å²) >= 11 is 0. The molecule has 0 spiro atoms. The first kappa shape index (κ1) is 18.5. The number of hydrogen-bond donors (Lipinski definition) is 2. The largest absolute Gasteiger partial charge is 0.368 e. The molecule has 0 amide bonds. The summed E-state index contributed by atoms with van der Waals surface area (Å²) in [7, 11) is 0. The first-order chi connectivity index (χ1) is 15.4. The molecular weight excluding hydrogens is 388 g/mol. The number of nitrogens with zero attached hydrogens (tertiary/aromatic N) is 6. The topological polar surface area (TPSA) is 83.8 Å². The zero-order valence-electron chi connectivity index (χ0n) is 17.5. The molecule has 0 unspecified atom stereocenters. The normalized spacial score (nSPS) is 17.6. The third-order valence-electron chi connectivity index (χ3n) is 6.46. The van der Waals surface area contributed by atoms with Gasteiger partial charge in [0.2, 0.25) is 5.95 Å². The Morgan fingerprint density at radius 1 is 0.903 bits per heavy atom. The van der Waals surface area contributed by atoms with Gasteiger partial charge in [0.25, 0.3) is 0 Å². The molecule has 158 valence electrons. The second kappa shape index (κ2) is 7.77. The van der Waals surface area contributed by atoms with E-state index < -0.39 is 0 Å². The van der Waals surface area contributed by atoms with E-state index in [1.165, 1.54) is 25.7 Å². The Kier molecular flexibility index (Phi) is 4.64. The van der Waals surface area contributed by atoms with Gasteiger partial charge in [-0.3, -0.25) is 0 Å². The molecular formula is C23H26N8. The highest BCUT2D eigenvalue weighted by molar-refractivity contribution is 6.05. The first-order valence-corrected chi connectivity index (χ1v) is 11.2. The van der Waals surface area contributed by atoms with Crippen molar-refractivity contribution in [3.8, 4) is 0 Å². The van der Waals surface area contributed by atoms with E-state index in [1.54, 1.807) is 0 Å². The third kappa shape index (κ3) is 3.37. The average Bonchev–Trinajstić information content (AvgIpc) is 3.46. The molecule has 0 aromatic carbocycles. The lowest BCUT2D eigenvalue weighted by molar-refractivity contribution is 0.543. The van der Waals surface area contributed by atoms with Crippen LogP contribution in [0.1, 0.15) is 31.7 Å². The van der Waals surface area contributed by atoms with Crippen LogP contribution in [0.5, 0.6) is 0 Å². The summed E-state index contributed by atoms with van der Waals surface area (Å²) < 4.78 is 2.32. The summed E-state index contributed by atoms with van der Waals surface area (Å²) in [6, 6.07) is 8.66. The number of hydrogen-bond acceptors (Lipinski definition) is 7. The second-order valence-electron chi connectivity index (χ2n) is 8.38. The van der Waals surface area contributed by atoms with E-state index in [-0.39, 0.29) is 0 Å². The quantitative estimate of drug-likeness (QED) is 0.527. The lowest BCUT2D eigenvalue weighted by Crippen LogP contribution is -2.43. The lowest BCUT2D eigenvalue weighted by atomic mass is 10.2. The molecule has 8 heteroatoms. The third-order valence-corrected chi connectivity index (χ3v) is 6.46. The monoisotopic (exact) mass is 414 g/mol. The number of fused-ring (bicyclic) bond motifs is 3. The molecule has 1 aliphatic heterocycles. The molecule has 4 aromatic rings. The minimum absolute atomic E-state index is 0.453. The Labute approximate surface area is 180 Å². The number of pyridine rings is 2. The highest BCUT2D eigenvalue weighted by Crippen LogP contribution is 2.37. The molecule has 2 N–H and O–H groups in total. The minimum Gasteiger partial charge on any atom is -0.368 e. The fraction of sp³-hybridized carbons (Fsp3) is 0.391. The SMILES string of the molecule is c1cnc2c(c1)c1cnc(Nc3ccc(N4CCNCC4)cn3)nc1n2C1CCCC1. The van der Waals surface area contributed by atoms with Crippen LogP contribution < -0.4 is 15.5 Å². The number of aromatic nitrogens is 5. The van der Waals surface area contributed by atoms with Crippen LogP contribution in [0.2, 0.25) is 0 Å². The molecule has 1 saturated heterocycles. The molecule has 8 nitrogen and oxygen atoms in total. The number of anilines is 3. The highest BCUT2D eigenvalue weighted by Gasteiger charge is 2.23. The van der Waals surface area contributed by atoms with Gasteiger partial charge < -0.3 is 20.1 Å². The Morgan fingerprint density at radius 2 is 1.77 bits per heavy atom. The molecule has 5 heterocycles. The standard InChI is InChI=1S/C23H26N8/c1-2-5-16(4-1)31-21-18(6-3-9-25-21)19-15-27-23(29-22(19)31)28-20-8-7-17(14-26-20)30-12-10-24-11-13-30/h3,6-9,14-16,24H,1-2,4-5,10-13H2,(H,26,27,28,29). The molecule has 4 aromatic heterocycles. The Bertz CT molecular complexity index is 1200. The van der Waals surface area contributed by atoms with Gasteiger partial charge in [-0.1, -0.05) is 12.8 Å². The maximum atomic E-state index is 4.91. The van der Waals surface area contributed by atoms with E-state index in [2.05, 4.69) is 47.2 Å². The van der Waals surface area contributed by atoms with Crippen LogP contribution in [0.4, 0.5) is 17.5 Å². The van der Waals surface area contributed by atoms with Crippen molar-refractivity contribution in [2.75, 3.05) is 36.4 Å². The van der Waals surface area contributed by atoms with Gasteiger partial charge in [0.1, 0.15) is 17.1 Å². The van der Waals surface area contributed by atoms with Crippen LogP contribution in [-0.2, 0) is 0 Å². The maximum Gasteiger partial charge on any atom is 0.230 e. The smallest absolute Gasteiger partial charge is 0.230 e. The van der Waals surface area contributed by atoms with Crippen molar-refractivity contribution in [3.05, 3.63) is 42.9 Å². The van der Waals surface area contributed by atoms with Crippen LogP contribution in [0.25, 0.3) is 22.1 Å². The van der Waals surface area contributed by atoms with Crippen molar-refractivity contribution in [1.82, 2.24) is 29.8 Å². The van der Waals surface area contributed by atoms with Crippen LogP contribution in [0.15, 0.2) is 42.9 Å². The van der Waals surface area contributed by atoms with E-state index in [1.807, 2.05) is 30.7 Å². The van der Waals surface area contributed by atoms with Crippen LogP contribution in [0, 0.1) is 0 Å². The number of rotatable bonds is 4. The first-order valence-electron chi connectivity index (χ1n) is 11.2. The Morgan fingerprint density at radius 3 is 2.58 bits per heavy atom. The Balaban J connectivity index is 1.33. The summed E-state index contributed by atoms with van der Waals surface area (Å²) in [5.74, 6) is 1.32. The van der Waals surface area contributed by atoms with Gasteiger partial charge >= 0.3 is 0 Å². The molecule has 0 atom stereocenters. The fourth-order valence-electron chi connectivity index (χ4n) is 4.90. The van der Waals surface area contributed by atoms with Crippen molar-refractivity contribution < 1.29 is 0 Å². The van der Waals surface area contributed by atoms with Crippen LogP contribution in [-0.4, -0.2) is 50.7 Å². The fourth-order valence-corrected chi connectivity index (χ4v) is 4.90. The van der Waals surface area contributed by atoms with Crippen molar-refractivity contribution in [3.63, 3.8) is 0 Å². The summed E-state index contributed by atoms with van der Waals surface area (Å²) in [5, 5.41) is 8.85. The van der Waals surface area contributed by atoms with Gasteiger partial charge in [-0.05, 0) is 37.1 Å². The van der Waals surface area contributed by atoms with E-state index >= 15 is 0 Å². The van der Waals surface area contributed by atoms with E-state index in [9.17, 15) is 0 Å². The highest BCUT2D eigenvalue weighted by atomic mass is 15.2. The summed E-state index contributed by atoms with van der Waals surface area (Å²) in [4.78, 5) is 21.1. The predicted octanol–water partition coefficient (Wildman–Crippen LogP) is 3.64. The second-order valence-corrected chi connectivity index (χ2v) is 8.38. The predicted molar refractivity (Wildman–Crippen MR) is 123 cm³/mol. The van der Waals surface area contributed by atoms with Gasteiger partial charge in [0, 0.05) is 55.4 Å². The Hall–Kier alpha value is -3.26. The zero-order valence-corrected chi connectivity index (χ0v) is 17.5. The molecule has 0 bridgehead atoms. The van der Waals surface area contributed by atoms with Crippen molar-refractivity contribution in [2.24, 2.45) is 0 Å². The average molecular weight is 415 g/mol. The van der Waals surface area contributed by atoms with Gasteiger partial charge in [0.15, 0.2) is 0 Å². The van der Waals surface area contributed by atoms with Gasteiger partial charge in [-0.25, -0.2) is 15.0 Å². The number of piperazine rings is 1.